The zero-order valence-electron chi connectivity index (χ0n) is 14.3. The molecule has 0 spiro atoms. The van der Waals surface area contributed by atoms with Gasteiger partial charge in [0, 0.05) is 42.2 Å². The average molecular weight is 388 g/mol. The molecule has 0 saturated heterocycles. The molecule has 4 nitrogen and oxygen atoms in total. The first kappa shape index (κ1) is 17.8. The summed E-state index contributed by atoms with van der Waals surface area (Å²) in [7, 11) is 0. The van der Waals surface area contributed by atoms with Crippen molar-refractivity contribution in [1.29, 1.82) is 0 Å². The molecule has 0 amide bonds. The second-order valence-corrected chi connectivity index (χ2v) is 6.94. The Morgan fingerprint density at radius 2 is 1.81 bits per heavy atom. The Hall–Kier alpha value is -2.57. The predicted octanol–water partition coefficient (Wildman–Crippen LogP) is 3.93. The van der Waals surface area contributed by atoms with Crippen LogP contribution in [0, 0.1) is 11.6 Å². The monoisotopic (exact) mass is 387 g/mol. The number of halogens is 3. The average Bonchev–Trinajstić information content (AvgIpc) is 2.66. The maximum Gasteiger partial charge on any atom is 0.255 e. The van der Waals surface area contributed by atoms with Gasteiger partial charge in [-0.05, 0) is 36.4 Å². The Morgan fingerprint density at radius 3 is 2.52 bits per heavy atom. The highest BCUT2D eigenvalue weighted by Gasteiger charge is 2.23. The van der Waals surface area contributed by atoms with Gasteiger partial charge in [-0.3, -0.25) is 9.69 Å². The van der Waals surface area contributed by atoms with Gasteiger partial charge in [-0.1, -0.05) is 17.7 Å². The van der Waals surface area contributed by atoms with E-state index in [0.717, 1.165) is 5.56 Å². The van der Waals surface area contributed by atoms with Crippen molar-refractivity contribution in [1.82, 2.24) is 14.9 Å². The van der Waals surface area contributed by atoms with Crippen molar-refractivity contribution in [3.63, 3.8) is 0 Å². The van der Waals surface area contributed by atoms with Crippen LogP contribution in [0.4, 0.5) is 8.78 Å². The van der Waals surface area contributed by atoms with Crippen molar-refractivity contribution in [2.45, 2.75) is 19.5 Å². The van der Waals surface area contributed by atoms with Crippen LogP contribution in [0.5, 0.6) is 0 Å². The van der Waals surface area contributed by atoms with E-state index in [0.29, 0.717) is 41.6 Å². The van der Waals surface area contributed by atoms with Crippen molar-refractivity contribution in [2.24, 2.45) is 0 Å². The Balaban J connectivity index is 1.60. The highest BCUT2D eigenvalue weighted by Crippen LogP contribution is 2.22. The lowest BCUT2D eigenvalue weighted by Gasteiger charge is -2.28. The van der Waals surface area contributed by atoms with Crippen LogP contribution in [-0.4, -0.2) is 21.4 Å². The minimum absolute atomic E-state index is 0.0168. The molecule has 1 aliphatic heterocycles. The lowest BCUT2D eigenvalue weighted by Crippen LogP contribution is -2.35. The van der Waals surface area contributed by atoms with E-state index in [2.05, 4.69) is 9.97 Å². The number of aromatic nitrogens is 2. The van der Waals surface area contributed by atoms with Crippen LogP contribution in [0.25, 0.3) is 11.4 Å². The van der Waals surface area contributed by atoms with Crippen molar-refractivity contribution in [2.75, 3.05) is 6.54 Å². The third-order valence-corrected chi connectivity index (χ3v) is 4.96. The minimum Gasteiger partial charge on any atom is -0.306 e. The fourth-order valence-electron chi connectivity index (χ4n) is 3.27. The molecule has 2 heterocycles. The van der Waals surface area contributed by atoms with Gasteiger partial charge >= 0.3 is 0 Å². The van der Waals surface area contributed by atoms with Crippen LogP contribution in [0.2, 0.25) is 5.02 Å². The van der Waals surface area contributed by atoms with E-state index < -0.39 is 11.6 Å². The van der Waals surface area contributed by atoms with Gasteiger partial charge in [0.25, 0.3) is 5.56 Å². The Morgan fingerprint density at radius 1 is 1.11 bits per heavy atom. The second kappa shape index (κ2) is 7.21. The molecule has 0 bridgehead atoms. The topological polar surface area (TPSA) is 49.0 Å². The standard InChI is InChI=1S/C20H16ClF2N3O/c21-13-6-4-12(5-7-13)19-24-18-8-9-26(11-15(18)20(27)25-19)10-14-16(22)2-1-3-17(14)23/h1-7H,8-11H2,(H,24,25,27). The third-order valence-electron chi connectivity index (χ3n) is 4.71. The SMILES string of the molecule is O=c1[nH]c(-c2ccc(Cl)cc2)nc2c1CN(Cc1c(F)cccc1F)CC2. The number of benzene rings is 2. The van der Waals surface area contributed by atoms with Gasteiger partial charge in [0.15, 0.2) is 0 Å². The van der Waals surface area contributed by atoms with Crippen LogP contribution in [0.15, 0.2) is 47.3 Å². The Kier molecular flexibility index (Phi) is 4.76. The molecule has 4 rings (SSSR count). The quantitative estimate of drug-likeness (QED) is 0.741. The van der Waals surface area contributed by atoms with Gasteiger partial charge in [0.1, 0.15) is 17.5 Å². The zero-order chi connectivity index (χ0) is 19.0. The van der Waals surface area contributed by atoms with Gasteiger partial charge in [0.05, 0.1) is 11.3 Å². The van der Waals surface area contributed by atoms with Gasteiger partial charge in [-0.2, -0.15) is 0 Å². The van der Waals surface area contributed by atoms with E-state index in [4.69, 9.17) is 11.6 Å². The molecule has 0 saturated carbocycles. The minimum atomic E-state index is -0.578. The number of rotatable bonds is 3. The third kappa shape index (κ3) is 3.63. The van der Waals surface area contributed by atoms with Crippen LogP contribution in [-0.2, 0) is 19.5 Å². The molecule has 0 atom stereocenters. The fraction of sp³-hybridized carbons (Fsp3) is 0.200. The first-order chi connectivity index (χ1) is 13.0. The van der Waals surface area contributed by atoms with Crippen LogP contribution < -0.4 is 5.56 Å². The normalized spacial score (nSPS) is 14.2. The molecular weight excluding hydrogens is 372 g/mol. The molecule has 1 aliphatic rings. The summed E-state index contributed by atoms with van der Waals surface area (Å²) >= 11 is 5.90. The van der Waals surface area contributed by atoms with Crippen LogP contribution >= 0.6 is 11.6 Å². The van der Waals surface area contributed by atoms with E-state index in [1.165, 1.54) is 18.2 Å². The molecule has 2 aromatic carbocycles. The molecule has 0 radical (unpaired) electrons. The van der Waals surface area contributed by atoms with Crippen molar-refractivity contribution < 1.29 is 8.78 Å². The highest BCUT2D eigenvalue weighted by molar-refractivity contribution is 6.30. The number of nitrogens with one attached hydrogen (secondary N) is 1. The second-order valence-electron chi connectivity index (χ2n) is 6.51. The number of hydrogen-bond acceptors (Lipinski definition) is 3. The van der Waals surface area contributed by atoms with Crippen LogP contribution in [0.3, 0.4) is 0 Å². The molecule has 3 aromatic rings. The highest BCUT2D eigenvalue weighted by atomic mass is 35.5. The molecule has 0 aliphatic carbocycles. The predicted molar refractivity (Wildman–Crippen MR) is 99.5 cm³/mol. The van der Waals surface area contributed by atoms with E-state index in [9.17, 15) is 13.6 Å². The summed E-state index contributed by atoms with van der Waals surface area (Å²) in [5, 5.41) is 0.607. The molecule has 7 heteroatoms. The van der Waals surface area contributed by atoms with Crippen LogP contribution in [0.1, 0.15) is 16.8 Å². The van der Waals surface area contributed by atoms with Gasteiger partial charge in [-0.25, -0.2) is 13.8 Å². The van der Waals surface area contributed by atoms with Gasteiger partial charge < -0.3 is 4.98 Å². The van der Waals surface area contributed by atoms with Crippen molar-refractivity contribution in [3.8, 4) is 11.4 Å². The fourth-order valence-corrected chi connectivity index (χ4v) is 3.39. The Labute approximate surface area is 159 Å². The molecule has 138 valence electrons. The summed E-state index contributed by atoms with van der Waals surface area (Å²) in [6.07, 6.45) is 0.538. The zero-order valence-corrected chi connectivity index (χ0v) is 15.1. The number of nitrogens with zero attached hydrogens (tertiary/aromatic N) is 2. The van der Waals surface area contributed by atoms with Crippen molar-refractivity contribution >= 4 is 11.6 Å². The summed E-state index contributed by atoms with van der Waals surface area (Å²) in [5.41, 5.74) is 1.81. The maximum absolute atomic E-state index is 13.9. The summed E-state index contributed by atoms with van der Waals surface area (Å²) in [6.45, 7) is 0.972. The molecule has 0 fully saturated rings. The van der Waals surface area contributed by atoms with Gasteiger partial charge in [0.2, 0.25) is 0 Å². The molecule has 1 N–H and O–H groups in total. The summed E-state index contributed by atoms with van der Waals surface area (Å²) < 4.78 is 27.8. The first-order valence-electron chi connectivity index (χ1n) is 8.54. The molecule has 0 unspecified atom stereocenters. The van der Waals surface area contributed by atoms with Crippen molar-refractivity contribution in [3.05, 3.63) is 86.3 Å². The summed E-state index contributed by atoms with van der Waals surface area (Å²) in [4.78, 5) is 21.8. The maximum atomic E-state index is 13.9. The molecular formula is C20H16ClF2N3O. The molecule has 1 aromatic heterocycles. The molecule has 27 heavy (non-hydrogen) atoms. The van der Waals surface area contributed by atoms with E-state index >= 15 is 0 Å². The lowest BCUT2D eigenvalue weighted by molar-refractivity contribution is 0.235. The number of fused-ring (bicyclic) bond motifs is 1. The Bertz CT molecular complexity index is 1030. The number of aromatic amines is 1. The number of hydrogen-bond donors (Lipinski definition) is 1. The first-order valence-corrected chi connectivity index (χ1v) is 8.92. The van der Waals surface area contributed by atoms with E-state index in [1.54, 1.807) is 24.3 Å². The van der Waals surface area contributed by atoms with E-state index in [-0.39, 0.29) is 17.7 Å². The number of H-pyrrole nitrogens is 1. The summed E-state index contributed by atoms with van der Waals surface area (Å²) in [5.74, 6) is -0.666. The van der Waals surface area contributed by atoms with Gasteiger partial charge in [-0.15, -0.1) is 0 Å². The largest absolute Gasteiger partial charge is 0.306 e. The summed E-state index contributed by atoms with van der Waals surface area (Å²) in [6, 6.07) is 10.9. The van der Waals surface area contributed by atoms with E-state index in [1.807, 2.05) is 4.90 Å². The lowest BCUT2D eigenvalue weighted by atomic mass is 10.0. The smallest absolute Gasteiger partial charge is 0.255 e.